The van der Waals surface area contributed by atoms with Crippen molar-refractivity contribution in [3.05, 3.63) is 42.1 Å². The summed E-state index contributed by atoms with van der Waals surface area (Å²) in [6, 6.07) is 9.18. The predicted octanol–water partition coefficient (Wildman–Crippen LogP) is 3.84. The van der Waals surface area contributed by atoms with Gasteiger partial charge in [-0.15, -0.1) is 10.2 Å². The number of methoxy groups -OCH3 is 1. The van der Waals surface area contributed by atoms with Gasteiger partial charge >= 0.3 is 23.0 Å². The maximum Gasteiger partial charge on any atom is 2.00 e. The maximum absolute atomic E-state index is 12.6. The van der Waals surface area contributed by atoms with Gasteiger partial charge in [-0.25, -0.2) is 4.79 Å². The number of benzene rings is 1. The fourth-order valence-electron chi connectivity index (χ4n) is 3.57. The number of carbonyl (C=O) groups is 2. The number of rotatable bonds is 8. The molecule has 3 rings (SSSR count). The monoisotopic (exact) mass is 520 g/mol. The minimum atomic E-state index is -0.583. The van der Waals surface area contributed by atoms with E-state index < -0.39 is 12.0 Å². The zero-order valence-corrected chi connectivity index (χ0v) is 21.0. The smallest absolute Gasteiger partial charge is 0.464 e. The summed E-state index contributed by atoms with van der Waals surface area (Å²) in [6.07, 6.45) is 8.66. The van der Waals surface area contributed by atoms with E-state index in [2.05, 4.69) is 33.2 Å². The Morgan fingerprint density at radius 2 is 1.77 bits per heavy atom. The summed E-state index contributed by atoms with van der Waals surface area (Å²) in [5.74, 6) is 1.15. The summed E-state index contributed by atoms with van der Waals surface area (Å²) >= 11 is 0. The van der Waals surface area contributed by atoms with Crippen LogP contribution in [0, 0.1) is 11.8 Å². The van der Waals surface area contributed by atoms with Crippen LogP contribution in [0.3, 0.4) is 0 Å². The van der Waals surface area contributed by atoms with Gasteiger partial charge in [-0.05, 0) is 55.6 Å². The van der Waals surface area contributed by atoms with Crippen LogP contribution in [0.1, 0.15) is 43.1 Å². The van der Waals surface area contributed by atoms with E-state index >= 15 is 0 Å². The van der Waals surface area contributed by atoms with Crippen molar-refractivity contribution in [3.8, 4) is 11.6 Å². The number of carbonyl (C=O) groups excluding carboxylic acids is 3. The number of ether oxygens (including phenoxy) is 2. The first-order valence-electron chi connectivity index (χ1n) is 11.0. The fourth-order valence-corrected chi connectivity index (χ4v) is 3.57. The molecule has 1 aliphatic rings. The standard InChI is InChI=1S/C24H27N5O5.Mn/c1-17-4-6-18(7-5-17)14-29(24(32)28(2)16-30)15-25-19-8-10-20(11-9-19)34-22-13-12-21(26-27-22)23(31)33-3;/h8-13,17-18H,4-7,14H2,1-3H3;/q-2;+2. The molecule has 0 saturated heterocycles. The zero-order valence-electron chi connectivity index (χ0n) is 19.8. The summed E-state index contributed by atoms with van der Waals surface area (Å²) < 4.78 is 10.2. The molecule has 0 bridgehead atoms. The summed E-state index contributed by atoms with van der Waals surface area (Å²) in [4.78, 5) is 41.4. The van der Waals surface area contributed by atoms with Crippen LogP contribution in [-0.2, 0) is 26.6 Å². The van der Waals surface area contributed by atoms with Crippen LogP contribution in [-0.4, -0.2) is 65.4 Å². The van der Waals surface area contributed by atoms with Gasteiger partial charge in [0.2, 0.25) is 5.88 Å². The van der Waals surface area contributed by atoms with E-state index in [0.717, 1.165) is 30.6 Å². The minimum Gasteiger partial charge on any atom is -0.464 e. The second-order valence-electron chi connectivity index (χ2n) is 8.23. The molecule has 1 aliphatic carbocycles. The van der Waals surface area contributed by atoms with E-state index in [9.17, 15) is 14.4 Å². The van der Waals surface area contributed by atoms with E-state index in [4.69, 9.17) is 4.74 Å². The maximum atomic E-state index is 12.6. The predicted molar refractivity (Wildman–Crippen MR) is 124 cm³/mol. The molecule has 0 aliphatic heterocycles. The van der Waals surface area contributed by atoms with Gasteiger partial charge in [-0.3, -0.25) is 0 Å². The SMILES string of the molecule is COC(=O)c1ccc(Oc2ccc(N=[C-]N(CC3CCC(C)CC3)C(=O)N(C)[C-]=O)cc2)nn1.[Mn+2]. The molecular formula is C24H27MnN5O5. The molecule has 1 heterocycles. The third-order valence-corrected chi connectivity index (χ3v) is 5.62. The van der Waals surface area contributed by atoms with Gasteiger partial charge in [-0.2, -0.15) is 0 Å². The number of imide groups is 1. The normalized spacial score (nSPS) is 17.2. The van der Waals surface area contributed by atoms with Crippen LogP contribution in [0.5, 0.6) is 11.6 Å². The zero-order chi connectivity index (χ0) is 24.5. The van der Waals surface area contributed by atoms with Gasteiger partial charge in [0.05, 0.1) is 13.5 Å². The van der Waals surface area contributed by atoms with Gasteiger partial charge in [0.15, 0.2) is 11.7 Å². The molecule has 185 valence electrons. The molecule has 1 radical (unpaired) electrons. The quantitative estimate of drug-likeness (QED) is 0.130. The molecule has 2 aromatic rings. The number of urea groups is 1. The second kappa shape index (κ2) is 13.6. The summed E-state index contributed by atoms with van der Waals surface area (Å²) in [6.45, 7) is 2.68. The molecule has 11 heteroatoms. The molecule has 0 atom stereocenters. The van der Waals surface area contributed by atoms with Crippen LogP contribution in [0.25, 0.3) is 0 Å². The number of aromatic nitrogens is 2. The van der Waals surface area contributed by atoms with Crippen LogP contribution in [0.4, 0.5) is 10.5 Å². The molecule has 0 spiro atoms. The van der Waals surface area contributed by atoms with Gasteiger partial charge in [0.25, 0.3) is 0 Å². The van der Waals surface area contributed by atoms with Crippen LogP contribution >= 0.6 is 0 Å². The van der Waals surface area contributed by atoms with Gasteiger partial charge < -0.3 is 33.9 Å². The average Bonchev–Trinajstić information content (AvgIpc) is 2.87. The van der Waals surface area contributed by atoms with Crippen LogP contribution < -0.4 is 4.74 Å². The van der Waals surface area contributed by atoms with E-state index in [1.807, 2.05) is 0 Å². The van der Waals surface area contributed by atoms with E-state index in [1.165, 1.54) is 31.2 Å². The Kier molecular flexibility index (Phi) is 10.8. The molecule has 0 N–H and O–H groups in total. The van der Waals surface area contributed by atoms with Crippen molar-refractivity contribution in [2.24, 2.45) is 16.8 Å². The van der Waals surface area contributed by atoms with E-state index in [0.29, 0.717) is 29.8 Å². The Morgan fingerprint density at radius 3 is 2.34 bits per heavy atom. The molecule has 1 aromatic heterocycles. The first-order chi connectivity index (χ1) is 16.4. The van der Waals surface area contributed by atoms with E-state index in [1.54, 1.807) is 30.7 Å². The van der Waals surface area contributed by atoms with Crippen LogP contribution in [0.15, 0.2) is 41.4 Å². The van der Waals surface area contributed by atoms with Crippen LogP contribution in [0.2, 0.25) is 0 Å². The van der Waals surface area contributed by atoms with Crippen molar-refractivity contribution >= 4 is 30.4 Å². The Hall–Kier alpha value is -3.30. The molecule has 3 amide bonds. The third kappa shape index (κ3) is 8.15. The Labute approximate surface area is 215 Å². The summed E-state index contributed by atoms with van der Waals surface area (Å²) in [7, 11) is 2.63. The molecule has 1 saturated carbocycles. The van der Waals surface area contributed by atoms with Gasteiger partial charge in [-0.1, -0.05) is 31.9 Å². The summed E-state index contributed by atoms with van der Waals surface area (Å²) in [5.41, 5.74) is 0.627. The van der Waals surface area contributed by atoms with Gasteiger partial charge in [0, 0.05) is 18.9 Å². The molecular weight excluding hydrogens is 493 g/mol. The number of hydrogen-bond acceptors (Lipinski definition) is 8. The summed E-state index contributed by atoms with van der Waals surface area (Å²) in [5, 5.41) is 7.59. The van der Waals surface area contributed by atoms with Crippen molar-refractivity contribution in [2.75, 3.05) is 20.7 Å². The number of amides is 3. The minimum absolute atomic E-state index is 0. The largest absolute Gasteiger partial charge is 2.00 e. The van der Waals surface area contributed by atoms with Crippen molar-refractivity contribution < 1.29 is 40.9 Å². The molecule has 0 unspecified atom stereocenters. The first kappa shape index (κ1) is 27.9. The Balaban J connectivity index is 0.00000432. The van der Waals surface area contributed by atoms with Crippen molar-refractivity contribution in [3.63, 3.8) is 0 Å². The number of nitrogens with zero attached hydrogens (tertiary/aromatic N) is 5. The van der Waals surface area contributed by atoms with Crippen molar-refractivity contribution in [2.45, 2.75) is 32.6 Å². The van der Waals surface area contributed by atoms with Crippen molar-refractivity contribution in [1.82, 2.24) is 20.0 Å². The Morgan fingerprint density at radius 1 is 1.09 bits per heavy atom. The van der Waals surface area contributed by atoms with Gasteiger partial charge in [0.1, 0.15) is 5.75 Å². The molecule has 1 aromatic carbocycles. The topological polar surface area (TPSA) is 114 Å². The van der Waals surface area contributed by atoms with Crippen molar-refractivity contribution in [1.29, 1.82) is 0 Å². The number of hydrogen-bond donors (Lipinski definition) is 0. The fraction of sp³-hybridized carbons (Fsp3) is 0.417. The molecule has 35 heavy (non-hydrogen) atoms. The molecule has 10 nitrogen and oxygen atoms in total. The number of aliphatic imine (C=N–C) groups is 1. The third-order valence-electron chi connectivity index (χ3n) is 5.62. The molecule has 1 fully saturated rings. The van der Waals surface area contributed by atoms with E-state index in [-0.39, 0.29) is 28.6 Å². The first-order valence-corrected chi connectivity index (χ1v) is 11.0. The average molecular weight is 520 g/mol. The second-order valence-corrected chi connectivity index (χ2v) is 8.23. The number of esters is 1. The Bertz CT molecular complexity index is 1010.